The van der Waals surface area contributed by atoms with E-state index in [0.717, 1.165) is 36.3 Å². The molecule has 0 aromatic heterocycles. The van der Waals surface area contributed by atoms with Crippen LogP contribution >= 0.6 is 0 Å². The molecule has 2 fully saturated rings. The van der Waals surface area contributed by atoms with Gasteiger partial charge in [0.2, 0.25) is 5.91 Å². The third kappa shape index (κ3) is 2.76. The van der Waals surface area contributed by atoms with Crippen molar-refractivity contribution in [3.8, 4) is 5.75 Å². The van der Waals surface area contributed by atoms with E-state index in [1.807, 2.05) is 24.0 Å². The number of amides is 1. The van der Waals surface area contributed by atoms with Crippen molar-refractivity contribution in [1.82, 2.24) is 10.2 Å². The highest BCUT2D eigenvalue weighted by atomic mass is 16.5. The van der Waals surface area contributed by atoms with Crippen LogP contribution < -0.4 is 10.1 Å². The highest BCUT2D eigenvalue weighted by Gasteiger charge is 2.37. The van der Waals surface area contributed by atoms with Crippen LogP contribution in [-0.4, -0.2) is 43.7 Å². The molecule has 0 saturated carbocycles. The van der Waals surface area contributed by atoms with Crippen molar-refractivity contribution >= 4 is 5.91 Å². The Labute approximate surface area is 125 Å². The first-order valence-electron chi connectivity index (χ1n) is 7.47. The number of aryl methyl sites for hydroxylation is 1. The topological polar surface area (TPSA) is 50.8 Å². The minimum Gasteiger partial charge on any atom is -0.496 e. The van der Waals surface area contributed by atoms with Gasteiger partial charge in [0.1, 0.15) is 11.9 Å². The fraction of sp³-hybridized carbons (Fsp3) is 0.562. The number of hydrogen-bond acceptors (Lipinski definition) is 4. The van der Waals surface area contributed by atoms with Gasteiger partial charge < -0.3 is 14.4 Å². The summed E-state index contributed by atoms with van der Waals surface area (Å²) in [6.45, 7) is 3.86. The molecule has 5 heteroatoms. The third-order valence-electron chi connectivity index (χ3n) is 4.28. The van der Waals surface area contributed by atoms with Crippen LogP contribution in [0.1, 0.15) is 30.1 Å². The first-order chi connectivity index (χ1) is 10.2. The van der Waals surface area contributed by atoms with Gasteiger partial charge in [-0.15, -0.1) is 0 Å². The van der Waals surface area contributed by atoms with Gasteiger partial charge in [0, 0.05) is 6.61 Å². The predicted octanol–water partition coefficient (Wildman–Crippen LogP) is 1.61. The minimum atomic E-state index is -0.0613. The molecular weight excluding hydrogens is 268 g/mol. The smallest absolute Gasteiger partial charge is 0.238 e. The summed E-state index contributed by atoms with van der Waals surface area (Å²) in [7, 11) is 1.67. The molecule has 0 aliphatic carbocycles. The van der Waals surface area contributed by atoms with E-state index in [0.29, 0.717) is 13.2 Å². The Bertz CT molecular complexity index is 526. The summed E-state index contributed by atoms with van der Waals surface area (Å²) in [5, 5.41) is 3.31. The average molecular weight is 290 g/mol. The number of carbonyl (C=O) groups is 1. The molecule has 3 rings (SSSR count). The molecule has 0 spiro atoms. The second-order valence-corrected chi connectivity index (χ2v) is 5.68. The molecule has 2 aliphatic rings. The van der Waals surface area contributed by atoms with Gasteiger partial charge in [-0.25, -0.2) is 0 Å². The van der Waals surface area contributed by atoms with Gasteiger partial charge in [-0.3, -0.25) is 10.1 Å². The van der Waals surface area contributed by atoms with E-state index in [9.17, 15) is 4.79 Å². The second-order valence-electron chi connectivity index (χ2n) is 5.68. The number of carbonyl (C=O) groups excluding carboxylic acids is 1. The fourth-order valence-electron chi connectivity index (χ4n) is 3.23. The number of rotatable bonds is 3. The van der Waals surface area contributed by atoms with Gasteiger partial charge in [-0.1, -0.05) is 6.07 Å². The van der Waals surface area contributed by atoms with Crippen molar-refractivity contribution in [1.29, 1.82) is 0 Å². The summed E-state index contributed by atoms with van der Waals surface area (Å²) in [4.78, 5) is 14.2. The summed E-state index contributed by atoms with van der Waals surface area (Å²) >= 11 is 0. The van der Waals surface area contributed by atoms with Gasteiger partial charge >= 0.3 is 0 Å². The Morgan fingerprint density at radius 1 is 1.43 bits per heavy atom. The molecule has 1 aromatic carbocycles. The zero-order valence-corrected chi connectivity index (χ0v) is 12.6. The molecule has 114 valence electrons. The summed E-state index contributed by atoms with van der Waals surface area (Å²) < 4.78 is 10.9. The maximum atomic E-state index is 12.2. The van der Waals surface area contributed by atoms with Gasteiger partial charge in [0.25, 0.3) is 0 Å². The number of methoxy groups -OCH3 is 1. The Morgan fingerprint density at radius 2 is 2.29 bits per heavy atom. The lowest BCUT2D eigenvalue weighted by molar-refractivity contribution is -0.133. The van der Waals surface area contributed by atoms with Crippen LogP contribution in [0.5, 0.6) is 5.75 Å². The molecule has 2 heterocycles. The van der Waals surface area contributed by atoms with Crippen molar-refractivity contribution in [2.24, 2.45) is 0 Å². The third-order valence-corrected chi connectivity index (χ3v) is 4.28. The van der Waals surface area contributed by atoms with Crippen LogP contribution in [0.15, 0.2) is 18.2 Å². The lowest BCUT2D eigenvalue weighted by Crippen LogP contribution is -2.44. The molecule has 1 aromatic rings. The number of hydrogen-bond donors (Lipinski definition) is 1. The highest BCUT2D eigenvalue weighted by molar-refractivity contribution is 5.81. The molecule has 0 radical (unpaired) electrons. The SMILES string of the molecule is COc1ccc(C2NCC(=O)N2C2CCCOC2)cc1C. The molecule has 21 heavy (non-hydrogen) atoms. The Balaban J connectivity index is 1.85. The maximum absolute atomic E-state index is 12.2. The van der Waals surface area contributed by atoms with E-state index in [1.165, 1.54) is 0 Å². The van der Waals surface area contributed by atoms with Crippen LogP contribution in [0.4, 0.5) is 0 Å². The van der Waals surface area contributed by atoms with Gasteiger partial charge in [-0.05, 0) is 43.0 Å². The number of benzene rings is 1. The number of ether oxygens (including phenoxy) is 2. The maximum Gasteiger partial charge on any atom is 0.238 e. The normalized spacial score (nSPS) is 26.2. The van der Waals surface area contributed by atoms with Crippen LogP contribution in [0.3, 0.4) is 0 Å². The molecule has 2 atom stereocenters. The Kier molecular flexibility index (Phi) is 4.12. The molecule has 1 N–H and O–H groups in total. The van der Waals surface area contributed by atoms with Crippen molar-refractivity contribution in [3.63, 3.8) is 0 Å². The molecule has 2 saturated heterocycles. The Hall–Kier alpha value is -1.59. The fourth-order valence-corrected chi connectivity index (χ4v) is 3.23. The summed E-state index contributed by atoms with van der Waals surface area (Å²) in [6, 6.07) is 6.25. The van der Waals surface area contributed by atoms with Gasteiger partial charge in [-0.2, -0.15) is 0 Å². The van der Waals surface area contributed by atoms with Gasteiger partial charge in [0.15, 0.2) is 0 Å². The number of nitrogens with zero attached hydrogens (tertiary/aromatic N) is 1. The molecule has 0 bridgehead atoms. The molecule has 1 amide bonds. The van der Waals surface area contributed by atoms with Crippen LogP contribution in [-0.2, 0) is 9.53 Å². The van der Waals surface area contributed by atoms with Crippen molar-refractivity contribution in [2.45, 2.75) is 32.0 Å². The van der Waals surface area contributed by atoms with E-state index in [2.05, 4.69) is 11.4 Å². The van der Waals surface area contributed by atoms with Crippen molar-refractivity contribution in [2.75, 3.05) is 26.9 Å². The molecule has 5 nitrogen and oxygen atoms in total. The lowest BCUT2D eigenvalue weighted by atomic mass is 10.0. The van der Waals surface area contributed by atoms with Gasteiger partial charge in [0.05, 0.1) is 26.3 Å². The standard InChI is InChI=1S/C16H22N2O3/c1-11-8-12(5-6-14(11)20-2)16-17-9-15(19)18(16)13-4-3-7-21-10-13/h5-6,8,13,16-17H,3-4,7,9-10H2,1-2H3. The quantitative estimate of drug-likeness (QED) is 0.919. The van der Waals surface area contributed by atoms with Crippen LogP contribution in [0.2, 0.25) is 0 Å². The zero-order valence-electron chi connectivity index (χ0n) is 12.6. The van der Waals surface area contributed by atoms with Crippen LogP contribution in [0.25, 0.3) is 0 Å². The van der Waals surface area contributed by atoms with E-state index >= 15 is 0 Å². The molecular formula is C16H22N2O3. The summed E-state index contributed by atoms with van der Waals surface area (Å²) in [5.74, 6) is 1.03. The monoisotopic (exact) mass is 290 g/mol. The first-order valence-corrected chi connectivity index (χ1v) is 7.47. The largest absolute Gasteiger partial charge is 0.496 e. The molecule has 2 aliphatic heterocycles. The minimum absolute atomic E-state index is 0.0613. The van der Waals surface area contributed by atoms with Crippen molar-refractivity contribution < 1.29 is 14.3 Å². The lowest BCUT2D eigenvalue weighted by Gasteiger charge is -2.35. The van der Waals surface area contributed by atoms with E-state index in [-0.39, 0.29) is 18.1 Å². The van der Waals surface area contributed by atoms with Crippen molar-refractivity contribution in [3.05, 3.63) is 29.3 Å². The predicted molar refractivity (Wildman–Crippen MR) is 79.2 cm³/mol. The Morgan fingerprint density at radius 3 is 2.95 bits per heavy atom. The zero-order chi connectivity index (χ0) is 14.8. The average Bonchev–Trinajstić information content (AvgIpc) is 2.90. The van der Waals surface area contributed by atoms with E-state index < -0.39 is 0 Å². The van der Waals surface area contributed by atoms with Crippen LogP contribution in [0, 0.1) is 6.92 Å². The van der Waals surface area contributed by atoms with E-state index in [4.69, 9.17) is 9.47 Å². The molecule has 2 unspecified atom stereocenters. The second kappa shape index (κ2) is 6.03. The number of nitrogens with one attached hydrogen (secondary N) is 1. The van der Waals surface area contributed by atoms with E-state index in [1.54, 1.807) is 7.11 Å². The summed E-state index contributed by atoms with van der Waals surface area (Å²) in [5.41, 5.74) is 2.18. The highest BCUT2D eigenvalue weighted by Crippen LogP contribution is 2.30. The summed E-state index contributed by atoms with van der Waals surface area (Å²) in [6.07, 6.45) is 1.97. The first kappa shape index (κ1) is 14.4.